The molecule has 10 heteroatoms. The molecular weight excluding hydrogens is 449 g/mol. The van der Waals surface area contributed by atoms with Crippen molar-refractivity contribution in [2.24, 2.45) is 5.10 Å². The molecule has 6 nitrogen and oxygen atoms in total. The molecule has 4 rings (SSSR count). The molecule has 1 aliphatic rings. The highest BCUT2D eigenvalue weighted by molar-refractivity contribution is 6.34. The van der Waals surface area contributed by atoms with Gasteiger partial charge in [0.2, 0.25) is 0 Å². The standard InChI is InChI=1S/C22H12ClF3N2O4/c23-14-3-1-2-13(10-14)18-9-8-16(32-18)11-17-19(22(24,25)26)27-28(20(17)29)15-6-4-12(5-7-15)21(30)31/h1-11H,(H,30,31)/b17-11-. The summed E-state index contributed by atoms with van der Waals surface area (Å²) in [5.41, 5.74) is -1.56. The zero-order valence-corrected chi connectivity index (χ0v) is 16.7. The first-order valence-electron chi connectivity index (χ1n) is 9.05. The number of halogens is 4. The predicted molar refractivity (Wildman–Crippen MR) is 112 cm³/mol. The van der Waals surface area contributed by atoms with E-state index in [4.69, 9.17) is 21.1 Å². The summed E-state index contributed by atoms with van der Waals surface area (Å²) in [6, 6.07) is 14.4. The highest BCUT2D eigenvalue weighted by Gasteiger charge is 2.47. The monoisotopic (exact) mass is 460 g/mol. The minimum Gasteiger partial charge on any atom is -0.478 e. The summed E-state index contributed by atoms with van der Waals surface area (Å²) >= 11 is 5.95. The fraction of sp³-hybridized carbons (Fsp3) is 0.0455. The maximum absolute atomic E-state index is 13.6. The summed E-state index contributed by atoms with van der Waals surface area (Å²) in [7, 11) is 0. The Labute approximate surface area is 183 Å². The molecule has 0 radical (unpaired) electrons. The van der Waals surface area contributed by atoms with Crippen LogP contribution in [0.2, 0.25) is 5.02 Å². The molecule has 0 saturated carbocycles. The van der Waals surface area contributed by atoms with Crippen molar-refractivity contribution in [3.05, 3.63) is 82.6 Å². The number of benzene rings is 2. The minimum absolute atomic E-state index is 0.00999. The van der Waals surface area contributed by atoms with Crippen molar-refractivity contribution in [1.82, 2.24) is 0 Å². The van der Waals surface area contributed by atoms with Crippen LogP contribution in [0.1, 0.15) is 16.1 Å². The van der Waals surface area contributed by atoms with Crippen LogP contribution in [0.5, 0.6) is 0 Å². The van der Waals surface area contributed by atoms with Gasteiger partial charge in [-0.15, -0.1) is 0 Å². The van der Waals surface area contributed by atoms with E-state index in [9.17, 15) is 22.8 Å². The Morgan fingerprint density at radius 2 is 1.81 bits per heavy atom. The minimum atomic E-state index is -4.90. The Morgan fingerprint density at radius 3 is 2.44 bits per heavy atom. The van der Waals surface area contributed by atoms with Crippen LogP contribution >= 0.6 is 11.6 Å². The lowest BCUT2D eigenvalue weighted by Gasteiger charge is -2.11. The number of hydrogen-bond donors (Lipinski definition) is 1. The molecule has 32 heavy (non-hydrogen) atoms. The quantitative estimate of drug-likeness (QED) is 0.510. The summed E-state index contributed by atoms with van der Waals surface area (Å²) in [4.78, 5) is 23.8. The Kier molecular flexibility index (Phi) is 5.35. The third-order valence-electron chi connectivity index (χ3n) is 4.53. The van der Waals surface area contributed by atoms with Gasteiger partial charge in [-0.25, -0.2) is 4.79 Å². The van der Waals surface area contributed by atoms with Crippen LogP contribution < -0.4 is 5.01 Å². The van der Waals surface area contributed by atoms with Gasteiger partial charge in [-0.3, -0.25) is 4.79 Å². The van der Waals surface area contributed by atoms with Crippen molar-refractivity contribution in [1.29, 1.82) is 0 Å². The van der Waals surface area contributed by atoms with Crippen molar-refractivity contribution in [2.75, 3.05) is 5.01 Å². The molecule has 3 aromatic rings. The van der Waals surface area contributed by atoms with Crippen LogP contribution in [-0.4, -0.2) is 28.9 Å². The molecule has 0 aliphatic carbocycles. The molecule has 0 atom stereocenters. The van der Waals surface area contributed by atoms with E-state index in [2.05, 4.69) is 5.10 Å². The van der Waals surface area contributed by atoms with Gasteiger partial charge in [0.1, 0.15) is 11.5 Å². The van der Waals surface area contributed by atoms with E-state index in [-0.39, 0.29) is 17.0 Å². The van der Waals surface area contributed by atoms with E-state index in [0.29, 0.717) is 21.4 Å². The number of nitrogens with zero attached hydrogens (tertiary/aromatic N) is 2. The Hall–Kier alpha value is -3.85. The maximum atomic E-state index is 13.6. The number of amides is 1. The Balaban J connectivity index is 1.70. The molecule has 0 bridgehead atoms. The molecule has 0 fully saturated rings. The maximum Gasteiger partial charge on any atom is 0.435 e. The molecule has 0 spiro atoms. The van der Waals surface area contributed by atoms with Gasteiger partial charge in [0.25, 0.3) is 5.91 Å². The van der Waals surface area contributed by atoms with Crippen molar-refractivity contribution in [3.63, 3.8) is 0 Å². The lowest BCUT2D eigenvalue weighted by atomic mass is 10.1. The molecule has 1 N–H and O–H groups in total. The largest absolute Gasteiger partial charge is 0.478 e. The van der Waals surface area contributed by atoms with Gasteiger partial charge >= 0.3 is 12.1 Å². The van der Waals surface area contributed by atoms with Crippen LogP contribution in [0, 0.1) is 0 Å². The highest BCUT2D eigenvalue weighted by Crippen LogP contribution is 2.33. The van der Waals surface area contributed by atoms with E-state index in [0.717, 1.165) is 6.08 Å². The second-order valence-corrected chi connectivity index (χ2v) is 7.12. The predicted octanol–water partition coefficient (Wildman–Crippen LogP) is 5.65. The second-order valence-electron chi connectivity index (χ2n) is 6.69. The average molecular weight is 461 g/mol. The zero-order valence-electron chi connectivity index (χ0n) is 15.9. The fourth-order valence-electron chi connectivity index (χ4n) is 3.04. The van der Waals surface area contributed by atoms with Crippen LogP contribution in [0.4, 0.5) is 18.9 Å². The van der Waals surface area contributed by atoms with E-state index in [1.807, 2.05) is 0 Å². The number of anilines is 1. The molecule has 0 saturated heterocycles. The first-order valence-corrected chi connectivity index (χ1v) is 9.43. The van der Waals surface area contributed by atoms with E-state index >= 15 is 0 Å². The number of hydrogen-bond acceptors (Lipinski definition) is 4. The van der Waals surface area contributed by atoms with Crippen LogP contribution in [0.3, 0.4) is 0 Å². The van der Waals surface area contributed by atoms with Crippen molar-refractivity contribution in [2.45, 2.75) is 6.18 Å². The van der Waals surface area contributed by atoms with Gasteiger partial charge in [-0.1, -0.05) is 23.7 Å². The molecule has 1 amide bonds. The number of carbonyl (C=O) groups is 2. The lowest BCUT2D eigenvalue weighted by Crippen LogP contribution is -2.25. The topological polar surface area (TPSA) is 83.1 Å². The average Bonchev–Trinajstić information content (AvgIpc) is 3.33. The van der Waals surface area contributed by atoms with Gasteiger partial charge < -0.3 is 9.52 Å². The Morgan fingerprint density at radius 1 is 1.09 bits per heavy atom. The van der Waals surface area contributed by atoms with Gasteiger partial charge in [-0.2, -0.15) is 23.3 Å². The van der Waals surface area contributed by atoms with Crippen LogP contribution in [0.15, 0.2) is 75.8 Å². The van der Waals surface area contributed by atoms with E-state index < -0.39 is 29.3 Å². The molecule has 2 aromatic carbocycles. The van der Waals surface area contributed by atoms with Crippen molar-refractivity contribution < 1.29 is 32.3 Å². The zero-order chi connectivity index (χ0) is 23.0. The molecule has 162 valence electrons. The van der Waals surface area contributed by atoms with Gasteiger partial charge in [0.05, 0.1) is 16.8 Å². The summed E-state index contributed by atoms with van der Waals surface area (Å²) in [5.74, 6) is -1.86. The number of rotatable bonds is 4. The summed E-state index contributed by atoms with van der Waals surface area (Å²) in [6.45, 7) is 0. The van der Waals surface area contributed by atoms with Crippen LogP contribution in [-0.2, 0) is 4.79 Å². The first-order chi connectivity index (χ1) is 15.1. The van der Waals surface area contributed by atoms with Crippen LogP contribution in [0.25, 0.3) is 17.4 Å². The number of hydrazone groups is 1. The van der Waals surface area contributed by atoms with Gasteiger partial charge in [0.15, 0.2) is 5.71 Å². The summed E-state index contributed by atoms with van der Waals surface area (Å²) in [5, 5.41) is 13.4. The molecule has 1 aliphatic heterocycles. The third kappa shape index (κ3) is 4.15. The number of aromatic carboxylic acids is 1. The molecular formula is C22H12ClF3N2O4. The molecule has 0 unspecified atom stereocenters. The normalized spacial score (nSPS) is 15.4. The highest BCUT2D eigenvalue weighted by atomic mass is 35.5. The van der Waals surface area contributed by atoms with E-state index in [1.54, 1.807) is 30.3 Å². The SMILES string of the molecule is O=C(O)c1ccc(N2N=C(C(F)(F)F)/C(=C/c3ccc(-c4cccc(Cl)c4)o3)C2=O)cc1. The van der Waals surface area contributed by atoms with Gasteiger partial charge in [0, 0.05) is 10.6 Å². The first kappa shape index (κ1) is 21.4. The number of carbonyl (C=O) groups excluding carboxylic acids is 1. The molecule has 1 aromatic heterocycles. The smallest absolute Gasteiger partial charge is 0.435 e. The van der Waals surface area contributed by atoms with Crippen molar-refractivity contribution >= 4 is 41.0 Å². The number of carboxylic acid groups (broad SMARTS) is 1. The lowest BCUT2D eigenvalue weighted by molar-refractivity contribution is -0.114. The molecule has 2 heterocycles. The number of alkyl halides is 3. The number of carboxylic acids is 1. The summed E-state index contributed by atoms with van der Waals surface area (Å²) in [6.07, 6.45) is -3.94. The summed E-state index contributed by atoms with van der Waals surface area (Å²) < 4.78 is 46.3. The fourth-order valence-corrected chi connectivity index (χ4v) is 3.23. The Bertz CT molecular complexity index is 1280. The number of furan rings is 1. The third-order valence-corrected chi connectivity index (χ3v) is 4.76. The van der Waals surface area contributed by atoms with Crippen molar-refractivity contribution in [3.8, 4) is 11.3 Å². The second kappa shape index (κ2) is 8.01. The van der Waals surface area contributed by atoms with Gasteiger partial charge in [-0.05, 0) is 54.6 Å². The van der Waals surface area contributed by atoms with E-state index in [1.165, 1.54) is 30.3 Å².